The molecular weight excluding hydrogens is 2790 g/mol. The van der Waals surface area contributed by atoms with Crippen molar-refractivity contribution in [2.24, 2.45) is 0 Å². The maximum atomic E-state index is 12.3. The first-order valence-corrected chi connectivity index (χ1v) is 40.5. The Balaban J connectivity index is 0.000000500. The number of para-hydroxylation sites is 4. The first kappa shape index (κ1) is 116. The topological polar surface area (TPSA) is 276 Å². The molecule has 0 aliphatic heterocycles. The minimum atomic E-state index is -4.32. The number of hydrogen-bond acceptors (Lipinski definition) is 21. The van der Waals surface area contributed by atoms with E-state index in [1.807, 2.05) is 194 Å². The van der Waals surface area contributed by atoms with Crippen molar-refractivity contribution in [2.45, 2.75) is 67.7 Å². The van der Waals surface area contributed by atoms with Crippen LogP contribution in [0.15, 0.2) is 340 Å². The molecule has 5 N–H and O–H groups in total. The molecule has 4 radical (unpaired) electrons. The fourth-order valence-corrected chi connectivity index (χ4v) is 13.3. The van der Waals surface area contributed by atoms with Gasteiger partial charge in [0.05, 0.1) is 56.3 Å². The number of rotatable bonds is 11. The van der Waals surface area contributed by atoms with Crippen molar-refractivity contribution in [3.8, 4) is 65.7 Å². The van der Waals surface area contributed by atoms with Crippen LogP contribution in [-0.4, -0.2) is 93.0 Å². The predicted molar refractivity (Wildman–Crippen MR) is 492 cm³/mol. The standard InChI is InChI=1S/C18H13N2O2S.C17H10NS.C13H8NO.C12H7F3N.C11H8N.C9H6NS.C5H10O2.3C5H8O2.4Ir.2Pt/c1-20(2)12-8-7-11-9-13(18(21)22-15(11)10-12)17-19-14-5-3-4-6-16(14)23-17;1-2-8-13-12(6-1)7-5-9-14(13)17-18-15-10-3-4-11-16(15)19-17;1-2-6-10(7-3-1)13-14-11-8-4-5-9-12(11)15-13;13-12(14,15)10-6-4-9(5-7-10)11-3-1-2-8-16-11;1-2-6-10(7-3-1)11-8-4-5-9-12-11;1-2-6-10-8(4-1)9-5-3-7-11-9;4*1-4(6)3-5(2)7;;;;;;/h3-8,10H,1-2H3;1-8,10-11H;1-6,8-9H;1-4,6-8H;1-6,8-9H;1-4,6-7H;3-4,6-7H,1-2H3;3*3,6H,1-2H3;;;;;;/q6*-1;;;;;;;;;;. The summed E-state index contributed by atoms with van der Waals surface area (Å²) in [7, 11) is 3.89. The van der Waals surface area contributed by atoms with Crippen LogP contribution in [-0.2, 0) is 143 Å². The number of aliphatic hydroxyl groups excluding tert-OH is 5. The van der Waals surface area contributed by atoms with Gasteiger partial charge < -0.3 is 54.2 Å². The summed E-state index contributed by atoms with van der Waals surface area (Å²) in [6.45, 7) is 11.6. The first-order chi connectivity index (χ1) is 59.5. The number of nitrogens with zero attached hydrogens (tertiary/aromatic N) is 7. The van der Waals surface area contributed by atoms with E-state index in [0.29, 0.717) is 33.3 Å². The monoisotopic (exact) mass is 2880 g/mol. The molecule has 0 saturated carbocycles. The summed E-state index contributed by atoms with van der Waals surface area (Å²) in [5.41, 5.74) is 10.6. The number of thiazole rings is 2. The SMILES string of the molecule is CC(=O)C=C(C)O.CC(=O)C=C(C)O.CC(=O)C=C(C)O.CC(O)=CC(C)O.CN(C)c1ccc2[c-]c(-c3nc4ccccc4s3)c(=O)oc2c1.FC(F)(F)c1c[c-]c(-c2ccccn2)cc1.[Ir].[Ir].[Ir].[Ir].[Pt].[Pt].[c-]1ccc2ccccc2c1-c1nc2ccccc2s1.[c-]1ccccc1-c1ccccn1.[c-]1ccccc1-c1nc2ccccc2o1.[c-]1ccsc1-c1ccccn1. The molecule has 9 aromatic carbocycles. The van der Waals surface area contributed by atoms with Crippen LogP contribution in [0, 0.1) is 36.4 Å². The molecule has 0 spiro atoms. The second-order valence-corrected chi connectivity index (χ2v) is 29.7. The molecule has 0 aliphatic rings. The fourth-order valence-electron chi connectivity index (χ4n) is 10.7. The molecular formula is C100H86F3Ir4N7O11Pt2S3-6. The first-order valence-electron chi connectivity index (χ1n) is 38.0. The predicted octanol–water partition coefficient (Wildman–Crippen LogP) is 24.8. The molecule has 30 heteroatoms. The van der Waals surface area contributed by atoms with Gasteiger partial charge in [0.15, 0.2) is 17.3 Å². The summed E-state index contributed by atoms with van der Waals surface area (Å²) >= 11 is 4.85. The van der Waals surface area contributed by atoms with Crippen LogP contribution in [0.3, 0.4) is 0 Å². The number of benzene rings is 9. The molecule has 688 valence electrons. The maximum absolute atomic E-state index is 12.3. The van der Waals surface area contributed by atoms with Gasteiger partial charge in [-0.2, -0.15) is 48.0 Å². The molecule has 0 saturated heterocycles. The molecule has 1 unspecified atom stereocenters. The number of aromatic nitrogens is 6. The van der Waals surface area contributed by atoms with Gasteiger partial charge in [-0.05, 0) is 150 Å². The average molecular weight is 2870 g/mol. The number of thiophene rings is 1. The molecule has 0 bridgehead atoms. The third-order valence-corrected chi connectivity index (χ3v) is 18.9. The van der Waals surface area contributed by atoms with Gasteiger partial charge in [-0.1, -0.05) is 124 Å². The van der Waals surface area contributed by atoms with Crippen molar-refractivity contribution in [1.29, 1.82) is 0 Å². The average Bonchev–Trinajstić information content (AvgIpc) is 1.55. The number of oxazole rings is 1. The van der Waals surface area contributed by atoms with E-state index in [9.17, 15) is 32.3 Å². The molecule has 8 aromatic heterocycles. The zero-order valence-electron chi connectivity index (χ0n) is 71.1. The van der Waals surface area contributed by atoms with Gasteiger partial charge in [-0.25, -0.2) is 11.3 Å². The Hall–Kier alpha value is -10.5. The van der Waals surface area contributed by atoms with Gasteiger partial charge in [-0.3, -0.25) is 34.1 Å². The van der Waals surface area contributed by atoms with Crippen molar-refractivity contribution >= 4 is 110 Å². The number of pyridine rings is 3. The number of fused-ring (bicyclic) bond motifs is 5. The molecule has 18 nitrogen and oxygen atoms in total. The van der Waals surface area contributed by atoms with Crippen LogP contribution in [0.5, 0.6) is 0 Å². The van der Waals surface area contributed by atoms with Gasteiger partial charge in [0.2, 0.25) is 0 Å². The number of halogens is 3. The van der Waals surface area contributed by atoms with Crippen LogP contribution in [0.25, 0.3) is 119 Å². The Kier molecular flexibility index (Phi) is 53.8. The maximum Gasteiger partial charge on any atom is 0.381 e. The van der Waals surface area contributed by atoms with Crippen LogP contribution in [0.2, 0.25) is 0 Å². The molecule has 1 atom stereocenters. The van der Waals surface area contributed by atoms with Crippen LogP contribution in [0.1, 0.15) is 61.0 Å². The van der Waals surface area contributed by atoms with E-state index in [1.54, 1.807) is 66.4 Å². The van der Waals surface area contributed by atoms with Crippen LogP contribution < -0.4 is 10.5 Å². The van der Waals surface area contributed by atoms with Crippen molar-refractivity contribution in [3.63, 3.8) is 0 Å². The number of carbonyl (C=O) groups is 3. The van der Waals surface area contributed by atoms with E-state index in [1.165, 1.54) is 106 Å². The zero-order chi connectivity index (χ0) is 89.5. The summed E-state index contributed by atoms with van der Waals surface area (Å²) < 4.78 is 50.2. The van der Waals surface area contributed by atoms with E-state index >= 15 is 0 Å². The van der Waals surface area contributed by atoms with Gasteiger partial charge in [0.25, 0.3) is 5.63 Å². The molecule has 17 aromatic rings. The molecule has 8 heterocycles. The number of anilines is 1. The Morgan fingerprint density at radius 3 is 1.37 bits per heavy atom. The van der Waals surface area contributed by atoms with Gasteiger partial charge >= 0.3 is 6.18 Å². The van der Waals surface area contributed by atoms with E-state index in [0.717, 1.165) is 88.0 Å². The van der Waals surface area contributed by atoms with Crippen LogP contribution >= 0.6 is 34.0 Å². The quantitative estimate of drug-likeness (QED) is 0.0348. The summed E-state index contributed by atoms with van der Waals surface area (Å²) in [6.07, 6.45) is 5.17. The third-order valence-electron chi connectivity index (χ3n) is 15.9. The van der Waals surface area contributed by atoms with Gasteiger partial charge in [0.1, 0.15) is 11.5 Å². The Labute approximate surface area is 847 Å². The minimum Gasteiger partial charge on any atom is -0.513 e. The number of aliphatic hydroxyl groups is 5. The molecule has 0 fully saturated rings. The van der Waals surface area contributed by atoms with Crippen molar-refractivity contribution in [1.82, 2.24) is 29.9 Å². The third kappa shape index (κ3) is 40.1. The van der Waals surface area contributed by atoms with Crippen molar-refractivity contribution in [2.75, 3.05) is 19.0 Å². The Morgan fingerprint density at radius 1 is 0.469 bits per heavy atom. The number of ketones is 3. The second kappa shape index (κ2) is 60.5. The fraction of sp³-hybridized carbons (Fsp3) is 0.120. The van der Waals surface area contributed by atoms with E-state index in [-0.39, 0.29) is 163 Å². The summed E-state index contributed by atoms with van der Waals surface area (Å²) in [5, 5.41) is 48.9. The molecule has 0 amide bonds. The van der Waals surface area contributed by atoms with Gasteiger partial charge in [0, 0.05) is 194 Å². The minimum absolute atomic E-state index is 0. The van der Waals surface area contributed by atoms with E-state index in [4.69, 9.17) is 39.4 Å². The van der Waals surface area contributed by atoms with Crippen molar-refractivity contribution in [3.05, 3.63) is 378 Å². The largest absolute Gasteiger partial charge is 0.513 e. The number of alkyl halides is 3. The Bertz CT molecular complexity index is 6220. The number of carbonyl (C=O) groups excluding carboxylic acids is 3. The second-order valence-electron chi connectivity index (χ2n) is 26.7. The normalized spacial score (nSPS) is 10.7. The molecule has 17 rings (SSSR count). The van der Waals surface area contributed by atoms with Crippen molar-refractivity contribution < 1.29 is 184 Å². The molecule has 130 heavy (non-hydrogen) atoms. The smallest absolute Gasteiger partial charge is 0.381 e. The molecule has 0 aliphatic carbocycles. The summed E-state index contributed by atoms with van der Waals surface area (Å²) in [4.78, 5) is 71.5. The number of allylic oxidation sites excluding steroid dienone is 7. The summed E-state index contributed by atoms with van der Waals surface area (Å²) in [6, 6.07) is 98.1. The van der Waals surface area contributed by atoms with E-state index in [2.05, 4.69) is 110 Å². The zero-order valence-corrected chi connectivity index (χ0v) is 87.7. The van der Waals surface area contributed by atoms with E-state index < -0.39 is 23.5 Å². The Morgan fingerprint density at radius 2 is 0.946 bits per heavy atom. The number of hydrogen-bond donors (Lipinski definition) is 5. The van der Waals surface area contributed by atoms with Crippen LogP contribution in [0.4, 0.5) is 18.9 Å². The van der Waals surface area contributed by atoms with Gasteiger partial charge in [-0.15, -0.1) is 143 Å². The summed E-state index contributed by atoms with van der Waals surface area (Å²) in [5.74, 6) is 0.597.